The number of carbonyl (C=O) groups is 1. The number of rotatable bonds is 3. The third kappa shape index (κ3) is 2.99. The molecule has 0 unspecified atom stereocenters. The SMILES string of the molecule is C[C@@H](NC(=O)c1ccc(N)cc1)C1CCCC1. The molecule has 1 aliphatic rings. The molecule has 3 heteroatoms. The van der Waals surface area contributed by atoms with Crippen molar-refractivity contribution in [2.75, 3.05) is 5.73 Å². The Morgan fingerprint density at radius 2 is 1.88 bits per heavy atom. The van der Waals surface area contributed by atoms with Gasteiger partial charge in [-0.1, -0.05) is 12.8 Å². The number of hydrogen-bond acceptors (Lipinski definition) is 2. The zero-order valence-corrected chi connectivity index (χ0v) is 10.3. The molecule has 1 saturated carbocycles. The minimum Gasteiger partial charge on any atom is -0.399 e. The van der Waals surface area contributed by atoms with Gasteiger partial charge in [-0.15, -0.1) is 0 Å². The maximum atomic E-state index is 12.0. The highest BCUT2D eigenvalue weighted by Gasteiger charge is 2.22. The molecular formula is C14H20N2O. The first-order valence-electron chi connectivity index (χ1n) is 6.33. The number of nitrogen functional groups attached to an aromatic ring is 1. The van der Waals surface area contributed by atoms with Crippen LogP contribution in [0.1, 0.15) is 43.0 Å². The van der Waals surface area contributed by atoms with E-state index in [0.29, 0.717) is 17.2 Å². The fourth-order valence-electron chi connectivity index (χ4n) is 2.50. The molecule has 2 rings (SSSR count). The van der Waals surface area contributed by atoms with Crippen LogP contribution in [-0.4, -0.2) is 11.9 Å². The minimum atomic E-state index is 0.00407. The molecule has 3 nitrogen and oxygen atoms in total. The first-order valence-corrected chi connectivity index (χ1v) is 6.33. The van der Waals surface area contributed by atoms with Crippen LogP contribution in [0.2, 0.25) is 0 Å². The fraction of sp³-hybridized carbons (Fsp3) is 0.500. The number of amides is 1. The van der Waals surface area contributed by atoms with Gasteiger partial charge in [-0.05, 0) is 49.9 Å². The molecule has 1 aromatic carbocycles. The van der Waals surface area contributed by atoms with Crippen LogP contribution in [0.25, 0.3) is 0 Å². The lowest BCUT2D eigenvalue weighted by atomic mass is 9.99. The predicted molar refractivity (Wildman–Crippen MR) is 69.7 cm³/mol. The summed E-state index contributed by atoms with van der Waals surface area (Å²) in [5.74, 6) is 0.650. The molecule has 0 aromatic heterocycles. The van der Waals surface area contributed by atoms with E-state index in [-0.39, 0.29) is 11.9 Å². The number of nitrogens with two attached hydrogens (primary N) is 1. The molecule has 17 heavy (non-hydrogen) atoms. The van der Waals surface area contributed by atoms with Gasteiger partial charge in [-0.3, -0.25) is 4.79 Å². The van der Waals surface area contributed by atoms with Gasteiger partial charge in [0.15, 0.2) is 0 Å². The number of nitrogens with one attached hydrogen (secondary N) is 1. The second-order valence-corrected chi connectivity index (χ2v) is 4.93. The van der Waals surface area contributed by atoms with Gasteiger partial charge < -0.3 is 11.1 Å². The van der Waals surface area contributed by atoms with Gasteiger partial charge in [0, 0.05) is 17.3 Å². The summed E-state index contributed by atoms with van der Waals surface area (Å²) in [6.07, 6.45) is 5.08. The van der Waals surface area contributed by atoms with E-state index in [1.807, 2.05) is 0 Å². The van der Waals surface area contributed by atoms with Crippen molar-refractivity contribution in [3.63, 3.8) is 0 Å². The Hall–Kier alpha value is -1.51. The molecule has 1 fully saturated rings. The van der Waals surface area contributed by atoms with Crippen LogP contribution in [0.3, 0.4) is 0 Å². The van der Waals surface area contributed by atoms with Crippen molar-refractivity contribution in [3.8, 4) is 0 Å². The summed E-state index contributed by atoms with van der Waals surface area (Å²) >= 11 is 0. The molecular weight excluding hydrogens is 212 g/mol. The van der Waals surface area contributed by atoms with E-state index in [9.17, 15) is 4.79 Å². The molecule has 0 heterocycles. The third-order valence-corrected chi connectivity index (χ3v) is 3.64. The summed E-state index contributed by atoms with van der Waals surface area (Å²) in [6.45, 7) is 2.10. The van der Waals surface area contributed by atoms with Crippen molar-refractivity contribution >= 4 is 11.6 Å². The maximum Gasteiger partial charge on any atom is 0.251 e. The lowest BCUT2D eigenvalue weighted by Crippen LogP contribution is -2.37. The highest BCUT2D eigenvalue weighted by molar-refractivity contribution is 5.94. The molecule has 0 radical (unpaired) electrons. The molecule has 0 aliphatic heterocycles. The monoisotopic (exact) mass is 232 g/mol. The van der Waals surface area contributed by atoms with Gasteiger partial charge in [0.2, 0.25) is 0 Å². The lowest BCUT2D eigenvalue weighted by Gasteiger charge is -2.20. The number of hydrogen-bond donors (Lipinski definition) is 2. The first-order chi connectivity index (χ1) is 8.16. The summed E-state index contributed by atoms with van der Waals surface area (Å²) in [5.41, 5.74) is 6.97. The molecule has 1 aromatic rings. The summed E-state index contributed by atoms with van der Waals surface area (Å²) < 4.78 is 0. The molecule has 1 atom stereocenters. The van der Waals surface area contributed by atoms with Crippen molar-refractivity contribution in [3.05, 3.63) is 29.8 Å². The molecule has 0 bridgehead atoms. The van der Waals surface area contributed by atoms with E-state index < -0.39 is 0 Å². The Labute approximate surface area is 102 Å². The average molecular weight is 232 g/mol. The molecule has 0 saturated heterocycles. The largest absolute Gasteiger partial charge is 0.399 e. The topological polar surface area (TPSA) is 55.1 Å². The summed E-state index contributed by atoms with van der Waals surface area (Å²) in [4.78, 5) is 12.0. The maximum absolute atomic E-state index is 12.0. The van der Waals surface area contributed by atoms with Crippen molar-refractivity contribution < 1.29 is 4.79 Å². The van der Waals surface area contributed by atoms with Crippen LogP contribution >= 0.6 is 0 Å². The van der Waals surface area contributed by atoms with Crippen LogP contribution in [-0.2, 0) is 0 Å². The van der Waals surface area contributed by atoms with Gasteiger partial charge in [0.05, 0.1) is 0 Å². The molecule has 92 valence electrons. The Bertz CT molecular complexity index is 380. The van der Waals surface area contributed by atoms with Crippen LogP contribution in [0.5, 0.6) is 0 Å². The van der Waals surface area contributed by atoms with E-state index in [2.05, 4.69) is 12.2 Å². The van der Waals surface area contributed by atoms with Crippen molar-refractivity contribution in [2.24, 2.45) is 5.92 Å². The van der Waals surface area contributed by atoms with E-state index >= 15 is 0 Å². The summed E-state index contributed by atoms with van der Waals surface area (Å²) in [7, 11) is 0. The Morgan fingerprint density at radius 3 is 2.47 bits per heavy atom. The van der Waals surface area contributed by atoms with Crippen LogP contribution in [0.4, 0.5) is 5.69 Å². The first kappa shape index (κ1) is 12.0. The number of carbonyl (C=O) groups excluding carboxylic acids is 1. The highest BCUT2D eigenvalue weighted by atomic mass is 16.1. The highest BCUT2D eigenvalue weighted by Crippen LogP contribution is 2.27. The second kappa shape index (κ2) is 5.21. The van der Waals surface area contributed by atoms with E-state index in [4.69, 9.17) is 5.73 Å². The molecule has 1 aliphatic carbocycles. The summed E-state index contributed by atoms with van der Waals surface area (Å²) in [5, 5.41) is 3.08. The molecule has 1 amide bonds. The van der Waals surface area contributed by atoms with Gasteiger partial charge >= 0.3 is 0 Å². The van der Waals surface area contributed by atoms with Crippen LogP contribution < -0.4 is 11.1 Å². The number of anilines is 1. The summed E-state index contributed by atoms with van der Waals surface area (Å²) in [6, 6.07) is 7.32. The van der Waals surface area contributed by atoms with Crippen molar-refractivity contribution in [1.82, 2.24) is 5.32 Å². The Balaban J connectivity index is 1.94. The third-order valence-electron chi connectivity index (χ3n) is 3.64. The number of benzene rings is 1. The smallest absolute Gasteiger partial charge is 0.251 e. The van der Waals surface area contributed by atoms with Crippen LogP contribution in [0, 0.1) is 5.92 Å². The van der Waals surface area contributed by atoms with Gasteiger partial charge in [-0.2, -0.15) is 0 Å². The molecule has 3 N–H and O–H groups in total. The van der Waals surface area contributed by atoms with Gasteiger partial charge in [-0.25, -0.2) is 0 Å². The van der Waals surface area contributed by atoms with Crippen LogP contribution in [0.15, 0.2) is 24.3 Å². The average Bonchev–Trinajstić information content (AvgIpc) is 2.83. The normalized spacial score (nSPS) is 17.9. The fourth-order valence-corrected chi connectivity index (χ4v) is 2.50. The zero-order chi connectivity index (χ0) is 12.3. The van der Waals surface area contributed by atoms with E-state index in [1.54, 1.807) is 24.3 Å². The quantitative estimate of drug-likeness (QED) is 0.787. The van der Waals surface area contributed by atoms with E-state index in [1.165, 1.54) is 25.7 Å². The minimum absolute atomic E-state index is 0.00407. The van der Waals surface area contributed by atoms with Crippen molar-refractivity contribution in [2.45, 2.75) is 38.6 Å². The Morgan fingerprint density at radius 1 is 1.29 bits per heavy atom. The van der Waals surface area contributed by atoms with Gasteiger partial charge in [0.25, 0.3) is 5.91 Å². The zero-order valence-electron chi connectivity index (χ0n) is 10.3. The standard InChI is InChI=1S/C14H20N2O/c1-10(11-4-2-3-5-11)16-14(17)12-6-8-13(15)9-7-12/h6-11H,2-5,15H2,1H3,(H,16,17)/t10-/m1/s1. The van der Waals surface area contributed by atoms with Gasteiger partial charge in [0.1, 0.15) is 0 Å². The Kier molecular flexibility index (Phi) is 3.67. The predicted octanol–water partition coefficient (Wildman–Crippen LogP) is 2.58. The lowest BCUT2D eigenvalue weighted by molar-refractivity contribution is 0.0927. The van der Waals surface area contributed by atoms with E-state index in [0.717, 1.165) is 0 Å². The second-order valence-electron chi connectivity index (χ2n) is 4.93. The van der Waals surface area contributed by atoms with Crippen molar-refractivity contribution in [1.29, 1.82) is 0 Å². The molecule has 0 spiro atoms.